The molecule has 1 atom stereocenters. The normalized spacial score (nSPS) is 12.8. The van der Waals surface area contributed by atoms with Gasteiger partial charge in [-0.15, -0.1) is 11.3 Å². The lowest BCUT2D eigenvalue weighted by Gasteiger charge is -2.14. The van der Waals surface area contributed by atoms with Crippen molar-refractivity contribution in [2.24, 2.45) is 0 Å². The lowest BCUT2D eigenvalue weighted by Crippen LogP contribution is -2.41. The molecular formula is C16H15N3O3S3. The molecule has 3 rings (SSSR count). The van der Waals surface area contributed by atoms with Gasteiger partial charge in [-0.25, -0.2) is 8.42 Å². The second kappa shape index (κ2) is 7.04. The van der Waals surface area contributed by atoms with Gasteiger partial charge < -0.3 is 10.3 Å². The fourth-order valence-electron chi connectivity index (χ4n) is 2.23. The van der Waals surface area contributed by atoms with Crippen molar-refractivity contribution in [3.05, 3.63) is 52.5 Å². The van der Waals surface area contributed by atoms with E-state index in [1.165, 1.54) is 30.4 Å². The smallest absolute Gasteiger partial charge is 0.242 e. The molecule has 130 valence electrons. The van der Waals surface area contributed by atoms with E-state index in [0.29, 0.717) is 9.64 Å². The standard InChI is InChI=1S/C16H15N3O3S3/c1-10(19-25(21,22)12-5-3-2-4-6-12)15(20)17-11-7-8-13-14(9-11)24-16(23)18-13/h2-10,19H,1H3,(H,17,20)(H,18,23). The molecule has 0 bridgehead atoms. The fourth-order valence-corrected chi connectivity index (χ4v) is 4.61. The topological polar surface area (TPSA) is 91.1 Å². The maximum atomic E-state index is 12.3. The molecule has 1 aromatic heterocycles. The zero-order valence-corrected chi connectivity index (χ0v) is 15.6. The first-order valence-corrected chi connectivity index (χ1v) is 10.1. The molecule has 0 aliphatic rings. The van der Waals surface area contributed by atoms with Crippen molar-refractivity contribution in [2.75, 3.05) is 5.32 Å². The molecular weight excluding hydrogens is 378 g/mol. The van der Waals surface area contributed by atoms with E-state index in [1.807, 2.05) is 6.07 Å². The Labute approximate surface area is 154 Å². The van der Waals surface area contributed by atoms with Gasteiger partial charge in [-0.05, 0) is 49.5 Å². The number of carbonyl (C=O) groups is 1. The number of hydrogen-bond acceptors (Lipinski definition) is 5. The maximum Gasteiger partial charge on any atom is 0.242 e. The van der Waals surface area contributed by atoms with Crippen LogP contribution < -0.4 is 10.0 Å². The number of thiazole rings is 1. The number of aromatic nitrogens is 1. The van der Waals surface area contributed by atoms with Crippen LogP contribution in [0.25, 0.3) is 10.2 Å². The summed E-state index contributed by atoms with van der Waals surface area (Å²) in [6.45, 7) is 1.49. The fraction of sp³-hybridized carbons (Fsp3) is 0.125. The molecule has 2 aromatic carbocycles. The van der Waals surface area contributed by atoms with E-state index in [9.17, 15) is 13.2 Å². The van der Waals surface area contributed by atoms with Crippen LogP contribution in [0.4, 0.5) is 5.69 Å². The summed E-state index contributed by atoms with van der Waals surface area (Å²) >= 11 is 6.50. The molecule has 0 fully saturated rings. The van der Waals surface area contributed by atoms with Crippen LogP contribution in [0.1, 0.15) is 6.92 Å². The molecule has 25 heavy (non-hydrogen) atoms. The third kappa shape index (κ3) is 4.13. The summed E-state index contributed by atoms with van der Waals surface area (Å²) < 4.78 is 28.5. The van der Waals surface area contributed by atoms with E-state index < -0.39 is 22.0 Å². The van der Waals surface area contributed by atoms with Gasteiger partial charge in [0.1, 0.15) is 0 Å². The lowest BCUT2D eigenvalue weighted by atomic mass is 10.2. The highest BCUT2D eigenvalue weighted by Gasteiger charge is 2.22. The number of anilines is 1. The van der Waals surface area contributed by atoms with E-state index in [2.05, 4.69) is 15.0 Å². The molecule has 0 spiro atoms. The van der Waals surface area contributed by atoms with Crippen molar-refractivity contribution in [1.29, 1.82) is 0 Å². The van der Waals surface area contributed by atoms with Crippen LogP contribution in [0.2, 0.25) is 0 Å². The summed E-state index contributed by atoms with van der Waals surface area (Å²) in [4.78, 5) is 15.5. The zero-order chi connectivity index (χ0) is 18.0. The molecule has 0 aliphatic carbocycles. The quantitative estimate of drug-likeness (QED) is 0.580. The minimum absolute atomic E-state index is 0.114. The molecule has 6 nitrogen and oxygen atoms in total. The van der Waals surface area contributed by atoms with Gasteiger partial charge in [-0.2, -0.15) is 4.72 Å². The number of benzene rings is 2. The third-order valence-corrected chi connectivity index (χ3v) is 6.22. The van der Waals surface area contributed by atoms with E-state index in [1.54, 1.807) is 30.3 Å². The van der Waals surface area contributed by atoms with Crippen LogP contribution in [-0.4, -0.2) is 25.4 Å². The minimum Gasteiger partial charge on any atom is -0.337 e. The molecule has 3 aromatic rings. The summed E-state index contributed by atoms with van der Waals surface area (Å²) in [7, 11) is -3.76. The molecule has 0 aliphatic heterocycles. The van der Waals surface area contributed by atoms with Crippen LogP contribution in [0.15, 0.2) is 53.4 Å². The van der Waals surface area contributed by atoms with Gasteiger partial charge in [0.15, 0.2) is 3.95 Å². The van der Waals surface area contributed by atoms with Crippen molar-refractivity contribution in [1.82, 2.24) is 9.71 Å². The molecule has 1 unspecified atom stereocenters. The Morgan fingerprint density at radius 1 is 1.20 bits per heavy atom. The summed E-state index contributed by atoms with van der Waals surface area (Å²) in [6.07, 6.45) is 0. The van der Waals surface area contributed by atoms with Crippen molar-refractivity contribution in [3.63, 3.8) is 0 Å². The van der Waals surface area contributed by atoms with E-state index in [-0.39, 0.29) is 4.90 Å². The summed E-state index contributed by atoms with van der Waals surface area (Å²) in [5, 5.41) is 2.71. The van der Waals surface area contributed by atoms with Crippen molar-refractivity contribution in [2.45, 2.75) is 17.9 Å². The number of sulfonamides is 1. The Kier molecular flexibility index (Phi) is 5.00. The average Bonchev–Trinajstić information content (AvgIpc) is 2.94. The van der Waals surface area contributed by atoms with Gasteiger partial charge in [0.05, 0.1) is 21.2 Å². The van der Waals surface area contributed by atoms with Gasteiger partial charge >= 0.3 is 0 Å². The highest BCUT2D eigenvalue weighted by Crippen LogP contribution is 2.23. The lowest BCUT2D eigenvalue weighted by molar-refractivity contribution is -0.117. The van der Waals surface area contributed by atoms with E-state index in [4.69, 9.17) is 12.2 Å². The first kappa shape index (κ1) is 17.7. The number of H-pyrrole nitrogens is 1. The Balaban J connectivity index is 1.72. The third-order valence-electron chi connectivity index (χ3n) is 3.47. The van der Waals surface area contributed by atoms with Gasteiger partial charge in [-0.3, -0.25) is 4.79 Å². The first-order valence-electron chi connectivity index (χ1n) is 7.36. The number of rotatable bonds is 5. The van der Waals surface area contributed by atoms with Gasteiger partial charge in [-0.1, -0.05) is 18.2 Å². The van der Waals surface area contributed by atoms with Crippen molar-refractivity contribution < 1.29 is 13.2 Å². The number of nitrogens with one attached hydrogen (secondary N) is 3. The predicted molar refractivity (Wildman–Crippen MR) is 102 cm³/mol. The van der Waals surface area contributed by atoms with Gasteiger partial charge in [0.25, 0.3) is 0 Å². The van der Waals surface area contributed by atoms with E-state index in [0.717, 1.165) is 10.2 Å². The Morgan fingerprint density at radius 2 is 1.92 bits per heavy atom. The number of fused-ring (bicyclic) bond motifs is 1. The first-order chi connectivity index (χ1) is 11.8. The van der Waals surface area contributed by atoms with Crippen LogP contribution in [0.3, 0.4) is 0 Å². The Morgan fingerprint density at radius 3 is 2.64 bits per heavy atom. The SMILES string of the molecule is CC(NS(=O)(=O)c1ccccc1)C(=O)Nc1ccc2[nH]c(=S)sc2c1. The van der Waals surface area contributed by atoms with Crippen LogP contribution >= 0.6 is 23.6 Å². The second-order valence-corrected chi connectivity index (χ2v) is 8.80. The largest absolute Gasteiger partial charge is 0.337 e. The molecule has 0 saturated heterocycles. The van der Waals surface area contributed by atoms with Crippen LogP contribution in [0.5, 0.6) is 0 Å². The van der Waals surface area contributed by atoms with Crippen LogP contribution in [-0.2, 0) is 14.8 Å². The average molecular weight is 394 g/mol. The molecule has 1 amide bonds. The zero-order valence-electron chi connectivity index (χ0n) is 13.1. The van der Waals surface area contributed by atoms with E-state index >= 15 is 0 Å². The molecule has 3 N–H and O–H groups in total. The van der Waals surface area contributed by atoms with Crippen molar-refractivity contribution >= 4 is 55.4 Å². The summed E-state index contributed by atoms with van der Waals surface area (Å²) in [5.41, 5.74) is 1.47. The molecule has 9 heteroatoms. The Bertz CT molecular complexity index is 1070. The predicted octanol–water partition coefficient (Wildman–Crippen LogP) is 3.26. The minimum atomic E-state index is -3.76. The summed E-state index contributed by atoms with van der Waals surface area (Å²) in [6, 6.07) is 12.3. The highest BCUT2D eigenvalue weighted by molar-refractivity contribution is 7.89. The van der Waals surface area contributed by atoms with Crippen molar-refractivity contribution in [3.8, 4) is 0 Å². The molecule has 1 heterocycles. The van der Waals surface area contributed by atoms with Crippen LogP contribution in [0, 0.1) is 3.95 Å². The number of amides is 1. The molecule has 0 radical (unpaired) electrons. The monoisotopic (exact) mass is 393 g/mol. The maximum absolute atomic E-state index is 12.3. The highest BCUT2D eigenvalue weighted by atomic mass is 32.2. The number of carbonyl (C=O) groups excluding carboxylic acids is 1. The summed E-state index contributed by atoms with van der Waals surface area (Å²) in [5.74, 6) is -0.446. The molecule has 0 saturated carbocycles. The van der Waals surface area contributed by atoms with Gasteiger partial charge in [0.2, 0.25) is 15.9 Å². The number of hydrogen-bond donors (Lipinski definition) is 3. The van der Waals surface area contributed by atoms with Gasteiger partial charge in [0, 0.05) is 5.69 Å². The number of aromatic amines is 1. The second-order valence-electron chi connectivity index (χ2n) is 5.37. The Hall–Kier alpha value is -2.07.